The molecular weight excluding hydrogens is 208 g/mol. The van der Waals surface area contributed by atoms with E-state index >= 15 is 0 Å². The zero-order valence-electron chi connectivity index (χ0n) is 8.90. The van der Waals surface area contributed by atoms with Crippen molar-refractivity contribution in [3.05, 3.63) is 43.0 Å². The molecule has 15 heavy (non-hydrogen) atoms. The number of hydrogen-bond acceptors (Lipinski definition) is 3. The van der Waals surface area contributed by atoms with Crippen LogP contribution in [0, 0.1) is 0 Å². The number of carbonyl (C=O) groups is 1. The summed E-state index contributed by atoms with van der Waals surface area (Å²) in [7, 11) is -1.05. The summed E-state index contributed by atoms with van der Waals surface area (Å²) in [5.74, 6) is -0.449. The van der Waals surface area contributed by atoms with E-state index in [1.54, 1.807) is 7.11 Å². The van der Waals surface area contributed by atoms with Crippen LogP contribution >= 0.6 is 0 Å². The first-order valence-corrected chi connectivity index (χ1v) is 6.90. The summed E-state index contributed by atoms with van der Waals surface area (Å²) in [5.41, 5.74) is 0. The molecule has 80 valence electrons. The van der Waals surface area contributed by atoms with Gasteiger partial charge in [0.25, 0.3) is 0 Å². The minimum Gasteiger partial charge on any atom is -0.487 e. The molecule has 4 heteroatoms. The second-order valence-corrected chi connectivity index (χ2v) is 6.22. The summed E-state index contributed by atoms with van der Waals surface area (Å²) in [6, 6.07) is 9.48. The van der Waals surface area contributed by atoms with Crippen molar-refractivity contribution in [1.29, 1.82) is 0 Å². The maximum atomic E-state index is 11.2. The minimum atomic E-state index is -2.60. The molecule has 0 spiro atoms. The molecule has 3 nitrogen and oxygen atoms in total. The molecule has 1 unspecified atom stereocenters. The normalized spacial score (nSPS) is 14.0. The van der Waals surface area contributed by atoms with Crippen LogP contribution in [-0.4, -0.2) is 21.6 Å². The lowest BCUT2D eigenvalue weighted by atomic mass is 10.4. The Morgan fingerprint density at radius 1 is 1.40 bits per heavy atom. The quantitative estimate of drug-likeness (QED) is 0.569. The lowest BCUT2D eigenvalue weighted by molar-refractivity contribution is -0.130. The molecule has 0 aromatic heterocycles. The molecule has 1 aromatic rings. The Labute approximate surface area is 90.6 Å². The van der Waals surface area contributed by atoms with E-state index in [1.807, 2.05) is 36.9 Å². The van der Waals surface area contributed by atoms with Gasteiger partial charge in [0.1, 0.15) is 0 Å². The topological polar surface area (TPSA) is 35.5 Å². The van der Waals surface area contributed by atoms with Crippen molar-refractivity contribution in [2.24, 2.45) is 0 Å². The number of carbonyl (C=O) groups excluding carboxylic acids is 1. The van der Waals surface area contributed by atoms with Crippen molar-refractivity contribution in [3.63, 3.8) is 0 Å². The van der Waals surface area contributed by atoms with Crippen molar-refractivity contribution in [1.82, 2.24) is 0 Å². The maximum absolute atomic E-state index is 11.2. The van der Waals surface area contributed by atoms with Crippen molar-refractivity contribution in [2.75, 3.05) is 7.11 Å². The number of hydrogen-bond donors (Lipinski definition) is 0. The molecule has 0 N–H and O–H groups in total. The molecule has 0 aliphatic carbocycles. The Bertz CT molecular complexity index is 350. The van der Waals surface area contributed by atoms with Crippen LogP contribution in [0.2, 0.25) is 6.55 Å². The Kier molecular flexibility index (Phi) is 3.82. The third kappa shape index (κ3) is 2.78. The molecule has 0 saturated heterocycles. The molecule has 0 bridgehead atoms. The van der Waals surface area contributed by atoms with Gasteiger partial charge in [0, 0.05) is 18.4 Å². The van der Waals surface area contributed by atoms with Gasteiger partial charge in [0.15, 0.2) is 0 Å². The summed E-state index contributed by atoms with van der Waals surface area (Å²) in [5, 5.41) is 0.919. The predicted octanol–water partition coefficient (Wildman–Crippen LogP) is 1.34. The van der Waals surface area contributed by atoms with E-state index in [2.05, 4.69) is 6.58 Å². The molecule has 1 aromatic carbocycles. The number of benzene rings is 1. The fraction of sp³-hybridized carbons (Fsp3) is 0.182. The van der Waals surface area contributed by atoms with Gasteiger partial charge < -0.3 is 8.85 Å². The Balaban J connectivity index is 2.95. The van der Waals surface area contributed by atoms with Crippen LogP contribution in [0.5, 0.6) is 0 Å². The fourth-order valence-electron chi connectivity index (χ4n) is 1.19. The second kappa shape index (κ2) is 4.91. The van der Waals surface area contributed by atoms with E-state index in [-0.39, 0.29) is 0 Å². The molecule has 0 aliphatic heterocycles. The fourth-order valence-corrected chi connectivity index (χ4v) is 2.90. The Hall–Kier alpha value is -1.39. The van der Waals surface area contributed by atoms with Crippen molar-refractivity contribution in [2.45, 2.75) is 6.55 Å². The summed E-state index contributed by atoms with van der Waals surface area (Å²) in [6.45, 7) is 5.19. The van der Waals surface area contributed by atoms with Crippen molar-refractivity contribution < 1.29 is 13.6 Å². The van der Waals surface area contributed by atoms with Gasteiger partial charge in [0.05, 0.1) is 0 Å². The third-order valence-corrected chi connectivity index (χ3v) is 4.90. The largest absolute Gasteiger partial charge is 0.487 e. The van der Waals surface area contributed by atoms with Gasteiger partial charge in [-0.15, -0.1) is 0 Å². The van der Waals surface area contributed by atoms with Crippen molar-refractivity contribution in [3.8, 4) is 0 Å². The molecule has 0 radical (unpaired) electrons. The molecule has 0 saturated carbocycles. The number of rotatable bonds is 4. The molecule has 0 fully saturated rings. The highest BCUT2D eigenvalue weighted by Crippen LogP contribution is 2.07. The monoisotopic (exact) mass is 222 g/mol. The van der Waals surface area contributed by atoms with E-state index in [1.165, 1.54) is 0 Å². The Morgan fingerprint density at radius 3 is 2.47 bits per heavy atom. The van der Waals surface area contributed by atoms with E-state index in [0.717, 1.165) is 11.3 Å². The van der Waals surface area contributed by atoms with Gasteiger partial charge in [-0.2, -0.15) is 0 Å². The maximum Gasteiger partial charge on any atom is 0.432 e. The van der Waals surface area contributed by atoms with Gasteiger partial charge in [-0.25, -0.2) is 4.79 Å². The highest BCUT2D eigenvalue weighted by molar-refractivity contribution is 6.81. The molecular formula is C11H14O3Si. The highest BCUT2D eigenvalue weighted by Gasteiger charge is 2.36. The second-order valence-electron chi connectivity index (χ2n) is 3.14. The van der Waals surface area contributed by atoms with Crippen LogP contribution in [0.1, 0.15) is 0 Å². The SMILES string of the molecule is C=CC(=O)O[Si](C)(OC)c1ccccc1. The van der Waals surface area contributed by atoms with Crippen LogP contribution in [-0.2, 0) is 13.6 Å². The zero-order chi connectivity index (χ0) is 11.3. The van der Waals surface area contributed by atoms with Crippen molar-refractivity contribution >= 4 is 19.7 Å². The molecule has 0 amide bonds. The van der Waals surface area contributed by atoms with Crippen LogP contribution in [0.15, 0.2) is 43.0 Å². The average Bonchev–Trinajstić information content (AvgIpc) is 2.30. The highest BCUT2D eigenvalue weighted by atomic mass is 28.4. The smallest absolute Gasteiger partial charge is 0.432 e. The molecule has 0 heterocycles. The third-order valence-electron chi connectivity index (χ3n) is 2.15. The molecule has 0 aliphatic rings. The van der Waals surface area contributed by atoms with Gasteiger partial charge in [0.2, 0.25) is 0 Å². The molecule has 1 rings (SSSR count). The van der Waals surface area contributed by atoms with Gasteiger partial charge in [-0.3, -0.25) is 0 Å². The van der Waals surface area contributed by atoms with E-state index < -0.39 is 14.5 Å². The Morgan fingerprint density at radius 2 is 2.00 bits per heavy atom. The first kappa shape index (κ1) is 11.7. The van der Waals surface area contributed by atoms with Crippen LogP contribution < -0.4 is 5.19 Å². The standard InChI is InChI=1S/C11H14O3Si/c1-4-11(12)14-15(3,13-2)10-8-6-5-7-9-10/h4-9H,1H2,2-3H3. The molecule has 1 atom stereocenters. The van der Waals surface area contributed by atoms with Gasteiger partial charge in [-0.05, 0) is 6.55 Å². The first-order valence-electron chi connectivity index (χ1n) is 4.58. The lowest BCUT2D eigenvalue weighted by Gasteiger charge is -2.24. The van der Waals surface area contributed by atoms with Crippen LogP contribution in [0.4, 0.5) is 0 Å². The van der Waals surface area contributed by atoms with E-state index in [4.69, 9.17) is 8.85 Å². The first-order chi connectivity index (χ1) is 7.12. The lowest BCUT2D eigenvalue weighted by Crippen LogP contribution is -2.51. The van der Waals surface area contributed by atoms with E-state index in [9.17, 15) is 4.79 Å². The van der Waals surface area contributed by atoms with Gasteiger partial charge in [-0.1, -0.05) is 36.9 Å². The van der Waals surface area contributed by atoms with Gasteiger partial charge >= 0.3 is 14.5 Å². The summed E-state index contributed by atoms with van der Waals surface area (Å²) >= 11 is 0. The average molecular weight is 222 g/mol. The summed E-state index contributed by atoms with van der Waals surface area (Å²) in [6.07, 6.45) is 1.15. The summed E-state index contributed by atoms with van der Waals surface area (Å²) < 4.78 is 10.6. The zero-order valence-corrected chi connectivity index (χ0v) is 9.90. The van der Waals surface area contributed by atoms with Crippen LogP contribution in [0.25, 0.3) is 0 Å². The van der Waals surface area contributed by atoms with E-state index in [0.29, 0.717) is 0 Å². The minimum absolute atomic E-state index is 0.449. The predicted molar refractivity (Wildman–Crippen MR) is 61.0 cm³/mol. The van der Waals surface area contributed by atoms with Crippen LogP contribution in [0.3, 0.4) is 0 Å². The summed E-state index contributed by atoms with van der Waals surface area (Å²) in [4.78, 5) is 11.2.